The lowest BCUT2D eigenvalue weighted by Crippen LogP contribution is -2.29. The number of anilines is 2. The zero-order valence-corrected chi connectivity index (χ0v) is 20.7. The third kappa shape index (κ3) is 3.85. The van der Waals surface area contributed by atoms with Crippen molar-refractivity contribution < 1.29 is 0 Å². The highest BCUT2D eigenvalue weighted by molar-refractivity contribution is 8.00. The molecule has 2 aromatic heterocycles. The first kappa shape index (κ1) is 21.5. The summed E-state index contributed by atoms with van der Waals surface area (Å²) in [6.45, 7) is 4.44. The summed E-state index contributed by atoms with van der Waals surface area (Å²) in [6.07, 6.45) is 10.1. The lowest BCUT2D eigenvalue weighted by atomic mass is 9.87. The van der Waals surface area contributed by atoms with Crippen molar-refractivity contribution in [3.8, 4) is 0 Å². The molecule has 5 nitrogen and oxygen atoms in total. The first-order valence-electron chi connectivity index (χ1n) is 12.0. The number of thioether (sulfide) groups is 1. The number of nitrogens with one attached hydrogen (secondary N) is 1. The highest BCUT2D eigenvalue weighted by Gasteiger charge is 2.53. The Morgan fingerprint density at radius 1 is 1.21 bits per heavy atom. The van der Waals surface area contributed by atoms with E-state index in [1.807, 2.05) is 16.3 Å². The van der Waals surface area contributed by atoms with Crippen LogP contribution in [0, 0.1) is 18.3 Å². The Morgan fingerprint density at radius 2 is 2.03 bits per heavy atom. The van der Waals surface area contributed by atoms with Gasteiger partial charge in [-0.25, -0.2) is 4.98 Å². The summed E-state index contributed by atoms with van der Waals surface area (Å²) in [5, 5.41) is 5.20. The van der Waals surface area contributed by atoms with E-state index < -0.39 is 0 Å². The van der Waals surface area contributed by atoms with Gasteiger partial charge in [0.2, 0.25) is 5.95 Å². The maximum atomic E-state index is 13.1. The summed E-state index contributed by atoms with van der Waals surface area (Å²) in [4.78, 5) is 23.8. The third-order valence-electron chi connectivity index (χ3n) is 7.87. The molecule has 3 fully saturated rings. The number of benzene rings is 1. The molecule has 2 heterocycles. The molecule has 0 radical (unpaired) electrons. The minimum atomic E-state index is -0.130. The molecule has 7 heteroatoms. The molecule has 6 rings (SSSR count). The molecule has 0 amide bonds. The minimum absolute atomic E-state index is 0.130. The monoisotopic (exact) mass is 480 g/mol. The van der Waals surface area contributed by atoms with Crippen molar-refractivity contribution in [2.75, 3.05) is 5.32 Å². The topological polar surface area (TPSA) is 59.8 Å². The standard InChI is InChI=1S/C26H29ClN4OS/c1-15-10-19(11-15)33-18-5-6-21(16(2)12-18)29-25-28-14-17-13-20(27)24(32)31(23(17)30-25)22-4-3-7-26(22)8-9-26/h5-6,12-15,19,22H,3-4,7-11H2,1-2H3,(H,28,29,30). The van der Waals surface area contributed by atoms with E-state index in [-0.39, 0.29) is 22.0 Å². The average Bonchev–Trinajstić information content (AvgIpc) is 3.43. The molecule has 1 atom stereocenters. The van der Waals surface area contributed by atoms with Gasteiger partial charge in [-0.2, -0.15) is 4.98 Å². The van der Waals surface area contributed by atoms with Gasteiger partial charge in [-0.1, -0.05) is 24.9 Å². The number of halogens is 1. The lowest BCUT2D eigenvalue weighted by molar-refractivity contribution is 0.358. The van der Waals surface area contributed by atoms with Crippen LogP contribution in [0.2, 0.25) is 5.02 Å². The SMILES string of the molecule is Cc1cc(SC2CC(C)C2)ccc1Nc1ncc2cc(Cl)c(=O)n(C3CCCC34CC4)c2n1. The maximum Gasteiger partial charge on any atom is 0.271 e. The third-order valence-corrected chi connectivity index (χ3v) is 9.39. The summed E-state index contributed by atoms with van der Waals surface area (Å²) in [5.74, 6) is 1.37. The van der Waals surface area contributed by atoms with Gasteiger partial charge in [0.25, 0.3) is 5.56 Å². The van der Waals surface area contributed by atoms with Crippen molar-refractivity contribution in [1.82, 2.24) is 14.5 Å². The van der Waals surface area contributed by atoms with Gasteiger partial charge in [0.05, 0.1) is 0 Å². The van der Waals surface area contributed by atoms with Crippen LogP contribution in [-0.2, 0) is 0 Å². The quantitative estimate of drug-likeness (QED) is 0.430. The summed E-state index contributed by atoms with van der Waals surface area (Å²) in [5.41, 5.74) is 2.97. The van der Waals surface area contributed by atoms with Gasteiger partial charge < -0.3 is 5.32 Å². The number of nitrogens with zero attached hydrogens (tertiary/aromatic N) is 3. The van der Waals surface area contributed by atoms with Crippen molar-refractivity contribution in [1.29, 1.82) is 0 Å². The molecule has 172 valence electrons. The molecule has 0 bridgehead atoms. The van der Waals surface area contributed by atoms with E-state index in [1.54, 1.807) is 12.3 Å². The molecule has 0 saturated heterocycles. The molecule has 3 aliphatic carbocycles. The number of fused-ring (bicyclic) bond motifs is 1. The van der Waals surface area contributed by atoms with Gasteiger partial charge in [-0.05, 0) is 86.6 Å². The molecular formula is C26H29ClN4OS. The Kier molecular flexibility index (Phi) is 5.22. The second-order valence-corrected chi connectivity index (χ2v) is 12.1. The van der Waals surface area contributed by atoms with Gasteiger partial charge in [-0.15, -0.1) is 11.8 Å². The van der Waals surface area contributed by atoms with Gasteiger partial charge in [0.1, 0.15) is 10.7 Å². The van der Waals surface area contributed by atoms with E-state index in [0.29, 0.717) is 11.6 Å². The van der Waals surface area contributed by atoms with Crippen LogP contribution in [0.4, 0.5) is 11.6 Å². The predicted molar refractivity (Wildman–Crippen MR) is 136 cm³/mol. The number of hydrogen-bond donors (Lipinski definition) is 1. The smallest absolute Gasteiger partial charge is 0.271 e. The molecule has 1 aromatic carbocycles. The summed E-state index contributed by atoms with van der Waals surface area (Å²) in [6, 6.07) is 8.41. The van der Waals surface area contributed by atoms with Crippen LogP contribution in [0.15, 0.2) is 40.2 Å². The van der Waals surface area contributed by atoms with E-state index in [9.17, 15) is 4.79 Å². The predicted octanol–water partition coefficient (Wildman–Crippen LogP) is 6.89. The van der Waals surface area contributed by atoms with E-state index >= 15 is 0 Å². The molecule has 0 aliphatic heterocycles. The van der Waals surface area contributed by atoms with Gasteiger partial charge in [-0.3, -0.25) is 9.36 Å². The minimum Gasteiger partial charge on any atom is -0.324 e. The molecule has 3 saturated carbocycles. The maximum absolute atomic E-state index is 13.1. The van der Waals surface area contributed by atoms with E-state index in [2.05, 4.69) is 42.3 Å². The van der Waals surface area contributed by atoms with Crippen LogP contribution in [-0.4, -0.2) is 19.8 Å². The van der Waals surface area contributed by atoms with Gasteiger partial charge in [0.15, 0.2) is 0 Å². The zero-order valence-electron chi connectivity index (χ0n) is 19.1. The number of aromatic nitrogens is 3. The summed E-state index contributed by atoms with van der Waals surface area (Å²) in [7, 11) is 0. The Morgan fingerprint density at radius 3 is 2.76 bits per heavy atom. The summed E-state index contributed by atoms with van der Waals surface area (Å²) < 4.78 is 1.87. The fourth-order valence-corrected chi connectivity index (χ4v) is 7.62. The van der Waals surface area contributed by atoms with Crippen molar-refractivity contribution in [3.63, 3.8) is 0 Å². The van der Waals surface area contributed by atoms with Crippen molar-refractivity contribution >= 4 is 46.0 Å². The molecule has 1 unspecified atom stereocenters. The molecule has 1 N–H and O–H groups in total. The van der Waals surface area contributed by atoms with Crippen LogP contribution < -0.4 is 10.9 Å². The first-order valence-corrected chi connectivity index (χ1v) is 13.3. The number of rotatable bonds is 5. The van der Waals surface area contributed by atoms with Crippen LogP contribution in [0.1, 0.15) is 63.5 Å². The van der Waals surface area contributed by atoms with E-state index in [1.165, 1.54) is 37.0 Å². The van der Waals surface area contributed by atoms with Gasteiger partial charge in [0, 0.05) is 33.5 Å². The largest absolute Gasteiger partial charge is 0.324 e. The zero-order chi connectivity index (χ0) is 22.7. The van der Waals surface area contributed by atoms with Crippen LogP contribution >= 0.6 is 23.4 Å². The molecular weight excluding hydrogens is 452 g/mol. The Bertz CT molecular complexity index is 1300. The second-order valence-electron chi connectivity index (χ2n) is 10.3. The van der Waals surface area contributed by atoms with Crippen molar-refractivity contribution in [2.24, 2.45) is 11.3 Å². The normalized spacial score (nSPS) is 25.4. The number of pyridine rings is 1. The van der Waals surface area contributed by atoms with Gasteiger partial charge >= 0.3 is 0 Å². The fourth-order valence-electron chi connectivity index (χ4n) is 5.79. The Balaban J connectivity index is 1.32. The highest BCUT2D eigenvalue weighted by atomic mass is 35.5. The molecule has 3 aromatic rings. The average molecular weight is 481 g/mol. The Labute approximate surface area is 203 Å². The molecule has 1 spiro atoms. The Hall–Kier alpha value is -2.05. The fraction of sp³-hybridized carbons (Fsp3) is 0.500. The van der Waals surface area contributed by atoms with Crippen molar-refractivity contribution in [3.05, 3.63) is 51.4 Å². The molecule has 3 aliphatic rings. The summed E-state index contributed by atoms with van der Waals surface area (Å²) >= 11 is 8.32. The van der Waals surface area contributed by atoms with Crippen LogP contribution in [0.25, 0.3) is 11.0 Å². The lowest BCUT2D eigenvalue weighted by Gasteiger charge is -2.32. The van der Waals surface area contributed by atoms with Crippen molar-refractivity contribution in [2.45, 2.75) is 75.0 Å². The second kappa shape index (κ2) is 8.02. The van der Waals surface area contributed by atoms with Crippen LogP contribution in [0.5, 0.6) is 0 Å². The first-order chi connectivity index (χ1) is 15.9. The van der Waals surface area contributed by atoms with E-state index in [0.717, 1.165) is 40.6 Å². The van der Waals surface area contributed by atoms with E-state index in [4.69, 9.17) is 16.6 Å². The highest BCUT2D eigenvalue weighted by Crippen LogP contribution is 2.63. The van der Waals surface area contributed by atoms with Crippen LogP contribution in [0.3, 0.4) is 0 Å². The number of hydrogen-bond acceptors (Lipinski definition) is 5. The number of aryl methyl sites for hydroxylation is 1. The molecule has 33 heavy (non-hydrogen) atoms.